The molecule has 4 aliphatic rings. The number of benzene rings is 4. The zero-order chi connectivity index (χ0) is 42.8. The Morgan fingerprint density at radius 1 is 0.574 bits per heavy atom. The Hall–Kier alpha value is -2.38. The summed E-state index contributed by atoms with van der Waals surface area (Å²) in [5.41, 5.74) is 18.4. The second-order valence-corrected chi connectivity index (χ2v) is 32.0. The van der Waals surface area contributed by atoms with Gasteiger partial charge in [-0.15, -0.1) is 0 Å². The molecule has 0 fully saturated rings. The van der Waals surface area contributed by atoms with Crippen molar-refractivity contribution in [3.63, 3.8) is 0 Å². The van der Waals surface area contributed by atoms with E-state index in [1.165, 1.54) is 72.4 Å². The van der Waals surface area contributed by atoms with Gasteiger partial charge < -0.3 is 24.8 Å². The number of hydrogen-bond acceptors (Lipinski definition) is 0. The number of hydrogen-bond donors (Lipinski definition) is 0. The van der Waals surface area contributed by atoms with Crippen molar-refractivity contribution in [1.82, 2.24) is 0 Å². The molecule has 8 rings (SSSR count). The molecular weight excluding hydrogens is 906 g/mol. The molecule has 0 aliphatic heterocycles. The molecule has 1 unspecified atom stereocenters. The number of fused-ring (bicyclic) bond motifs is 5. The third kappa shape index (κ3) is 8.41. The van der Waals surface area contributed by atoms with Crippen LogP contribution in [-0.2, 0) is 30.1 Å². The Balaban J connectivity index is 0.00000311. The van der Waals surface area contributed by atoms with Crippen LogP contribution in [0.3, 0.4) is 0 Å². The quantitative estimate of drug-likeness (QED) is 0.187. The Labute approximate surface area is 394 Å². The van der Waals surface area contributed by atoms with Crippen LogP contribution in [0.2, 0.25) is 10.0 Å². The monoisotopic (exact) mass is 966 g/mol. The van der Waals surface area contributed by atoms with Crippen LogP contribution in [0.4, 0.5) is 0 Å². The van der Waals surface area contributed by atoms with Crippen LogP contribution in [0.15, 0.2) is 106 Å². The molecule has 0 N–H and O–H groups in total. The van der Waals surface area contributed by atoms with Crippen LogP contribution < -0.4 is 24.8 Å². The van der Waals surface area contributed by atoms with Crippen LogP contribution in [0, 0.1) is 22.2 Å². The fraction of sp³-hybridized carbons (Fsp3) is 0.393. The predicted molar refractivity (Wildman–Crippen MR) is 257 cm³/mol. The summed E-state index contributed by atoms with van der Waals surface area (Å²) in [5.74, 6) is 0.347. The number of rotatable bonds is 5. The average Bonchev–Trinajstić information content (AvgIpc) is 3.86. The minimum atomic E-state index is -4.21. The summed E-state index contributed by atoms with van der Waals surface area (Å²) < 4.78 is 7.44. The van der Waals surface area contributed by atoms with Crippen LogP contribution in [0.25, 0.3) is 22.3 Å². The second-order valence-electron chi connectivity index (χ2n) is 22.3. The summed E-state index contributed by atoms with van der Waals surface area (Å²) in [6, 6.07) is 28.0. The van der Waals surface area contributed by atoms with E-state index in [1.807, 2.05) is 0 Å². The zero-order valence-electron chi connectivity index (χ0n) is 38.8. The SMILES string of the molecule is CCC1C=C(C(C)(C)C)C=[C]1[Zr+2](=[CH]c1ccc(Cl)cc1)(=[CH]c1ccc(Cl)cc1)[CH]1c2cc3c(cc2-c2cc4c(cc21)C(C)(C)C=C4C(C)(C)C)C(C(C)(C)C)=CC3(C)C.[Cl-].[Cl-]. The van der Waals surface area contributed by atoms with E-state index < -0.39 is 19.3 Å². The standard InChI is InChI=1S/C31H37.C11H17.2C7H5Cl.2ClH.Zr/c1-28(2,3)26-16-30(7,8)24-12-18-11-19-13-25-23(15-21(19)20(18)14-22(24)26)27(29(4,5)6)17-31(25,9)10;1-5-9-6-7-10(8-9)11(2,3)4;2*1-6-2-4-7(8)5-3-6;;;/h11-17H,1-10H3;7-9H,5H2,1-4H3;2*1-5H;2*1H;/q;;;;;;+2/p-2. The molecule has 320 valence electrons. The van der Waals surface area contributed by atoms with E-state index in [-0.39, 0.29) is 55.5 Å². The summed E-state index contributed by atoms with van der Waals surface area (Å²) in [5, 5.41) is 1.54. The molecule has 0 bridgehead atoms. The van der Waals surface area contributed by atoms with Crippen molar-refractivity contribution in [2.45, 2.75) is 118 Å². The van der Waals surface area contributed by atoms with Crippen molar-refractivity contribution in [3.05, 3.63) is 161 Å². The molecule has 0 saturated carbocycles. The molecule has 0 heterocycles. The molecule has 0 radical (unpaired) electrons. The maximum atomic E-state index is 6.63. The van der Waals surface area contributed by atoms with Crippen LogP contribution in [0.5, 0.6) is 0 Å². The van der Waals surface area contributed by atoms with Gasteiger partial charge in [-0.3, -0.25) is 0 Å². The minimum Gasteiger partial charge on any atom is -1.00 e. The molecule has 61 heavy (non-hydrogen) atoms. The van der Waals surface area contributed by atoms with Crippen molar-refractivity contribution < 1.29 is 44.1 Å². The van der Waals surface area contributed by atoms with Gasteiger partial charge >= 0.3 is 373 Å². The number of halogens is 4. The molecule has 1 atom stereocenters. The van der Waals surface area contributed by atoms with Gasteiger partial charge in [-0.25, -0.2) is 0 Å². The van der Waals surface area contributed by atoms with Gasteiger partial charge in [-0.05, 0) is 0 Å². The van der Waals surface area contributed by atoms with Gasteiger partial charge in [0.05, 0.1) is 0 Å². The average molecular weight is 970 g/mol. The van der Waals surface area contributed by atoms with Gasteiger partial charge in [0.2, 0.25) is 0 Å². The molecule has 0 spiro atoms. The molecular formula is C56H64Cl4Zr. The van der Waals surface area contributed by atoms with Gasteiger partial charge in [0.1, 0.15) is 0 Å². The van der Waals surface area contributed by atoms with E-state index in [2.05, 4.69) is 201 Å². The molecule has 4 aromatic carbocycles. The second kappa shape index (κ2) is 16.3. The Morgan fingerprint density at radius 2 is 0.967 bits per heavy atom. The molecule has 0 nitrogen and oxygen atoms in total. The summed E-state index contributed by atoms with van der Waals surface area (Å²) in [4.78, 5) is 0. The van der Waals surface area contributed by atoms with Gasteiger partial charge in [0.25, 0.3) is 0 Å². The Bertz CT molecular complexity index is 2510. The molecule has 0 aromatic heterocycles. The first-order chi connectivity index (χ1) is 27.3. The summed E-state index contributed by atoms with van der Waals surface area (Å²) in [6.45, 7) is 33.5. The molecule has 5 heteroatoms. The van der Waals surface area contributed by atoms with E-state index >= 15 is 0 Å². The van der Waals surface area contributed by atoms with Crippen LogP contribution in [0.1, 0.15) is 151 Å². The first-order valence-corrected chi connectivity index (χ1v) is 28.1. The first-order valence-electron chi connectivity index (χ1n) is 21.9. The normalized spacial score (nSPS) is 18.2. The molecule has 4 aromatic rings. The van der Waals surface area contributed by atoms with Gasteiger partial charge in [0, 0.05) is 0 Å². The third-order valence-corrected chi connectivity index (χ3v) is 25.9. The van der Waals surface area contributed by atoms with Gasteiger partial charge in [-0.1, -0.05) is 0 Å². The van der Waals surface area contributed by atoms with Gasteiger partial charge in [0.15, 0.2) is 0 Å². The fourth-order valence-corrected chi connectivity index (χ4v) is 24.3. The Morgan fingerprint density at radius 3 is 1.31 bits per heavy atom. The van der Waals surface area contributed by atoms with Crippen LogP contribution in [-0.4, -0.2) is 7.42 Å². The van der Waals surface area contributed by atoms with Gasteiger partial charge in [-0.2, -0.15) is 0 Å². The molecule has 0 saturated heterocycles. The van der Waals surface area contributed by atoms with E-state index in [9.17, 15) is 0 Å². The van der Waals surface area contributed by atoms with E-state index in [0.717, 1.165) is 16.5 Å². The van der Waals surface area contributed by atoms with Crippen molar-refractivity contribution in [2.75, 3.05) is 0 Å². The van der Waals surface area contributed by atoms with E-state index in [0.29, 0.717) is 5.92 Å². The zero-order valence-corrected chi connectivity index (χ0v) is 44.2. The number of allylic oxidation sites excluding steroid dienone is 8. The van der Waals surface area contributed by atoms with Crippen molar-refractivity contribution in [1.29, 1.82) is 0 Å². The Kier molecular flexibility index (Phi) is 12.8. The van der Waals surface area contributed by atoms with E-state index in [4.69, 9.17) is 23.2 Å². The van der Waals surface area contributed by atoms with Crippen molar-refractivity contribution in [3.8, 4) is 11.1 Å². The summed E-state index contributed by atoms with van der Waals surface area (Å²) in [6.07, 6.45) is 11.5. The van der Waals surface area contributed by atoms with Crippen molar-refractivity contribution >= 4 is 41.8 Å². The predicted octanol–water partition coefficient (Wildman–Crippen LogP) is 10.3. The third-order valence-electron chi connectivity index (χ3n) is 13.8. The fourth-order valence-electron chi connectivity index (χ4n) is 10.7. The smallest absolute Gasteiger partial charge is 1.00 e. The molecule has 0 amide bonds. The maximum Gasteiger partial charge on any atom is -1.00 e. The van der Waals surface area contributed by atoms with Crippen molar-refractivity contribution in [2.24, 2.45) is 22.2 Å². The first kappa shape index (κ1) is 48.1. The maximum absolute atomic E-state index is 6.63. The largest absolute Gasteiger partial charge is 1.00 e. The summed E-state index contributed by atoms with van der Waals surface area (Å²) >= 11 is 9.06. The minimum absolute atomic E-state index is 0. The topological polar surface area (TPSA) is 0 Å². The summed E-state index contributed by atoms with van der Waals surface area (Å²) in [7, 11) is 0. The molecule has 4 aliphatic carbocycles. The van der Waals surface area contributed by atoms with Crippen LogP contribution >= 0.6 is 23.2 Å². The van der Waals surface area contributed by atoms with E-state index in [1.54, 1.807) is 3.28 Å².